The van der Waals surface area contributed by atoms with Gasteiger partial charge in [0.05, 0.1) is 23.4 Å². The average Bonchev–Trinajstić information content (AvgIpc) is 3.31. The molecular formula is C51H52Cl2N10O4. The van der Waals surface area contributed by atoms with Crippen molar-refractivity contribution in [2.45, 2.75) is 27.7 Å². The molecule has 0 bridgehead atoms. The standard InChI is InChI=1S/C27H27N5O3.C24H23N5O.2ClH/c1-18-13-21(8-11-25(18)35-22-9-6-19(2)29-15-22)32-27-23-14-20(7-10-24(23)30-17-31-27)5-4-12-28-26(33)16-34-3;1-16-12-19(7-10-23(16)30-20-8-5-17(2)26-14-20)29-24-21-13-18(4-3-11-25)6-9-22(21)27-15-28-24;;/h4-11,13-15,17H,12,16H2,1-3H3,(H,28,33)(H,30,31,32);3-10,12-15H,11,25H2,1-2H3,(H,27,28,29);2*1H/b5-4+;4-3+;;. The lowest BCUT2D eigenvalue weighted by Gasteiger charge is -2.12. The van der Waals surface area contributed by atoms with Gasteiger partial charge in [0.1, 0.15) is 53.9 Å². The first-order valence-electron chi connectivity index (χ1n) is 20.9. The van der Waals surface area contributed by atoms with Crippen molar-refractivity contribution in [3.63, 3.8) is 0 Å². The molecule has 4 aromatic carbocycles. The second kappa shape index (κ2) is 24.7. The number of nitrogens with one attached hydrogen (secondary N) is 3. The number of amides is 1. The number of ether oxygens (including phenoxy) is 3. The first kappa shape index (κ1) is 50.5. The molecule has 0 saturated carbocycles. The minimum absolute atomic E-state index is 0. The number of nitrogens with two attached hydrogens (primary N) is 1. The maximum atomic E-state index is 11.5. The molecule has 0 unspecified atom stereocenters. The Labute approximate surface area is 402 Å². The summed E-state index contributed by atoms with van der Waals surface area (Å²) in [5.74, 6) is 4.25. The second-order valence-corrected chi connectivity index (χ2v) is 15.0. The molecule has 5 N–H and O–H groups in total. The summed E-state index contributed by atoms with van der Waals surface area (Å²) in [6, 6.07) is 31.5. The van der Waals surface area contributed by atoms with Crippen molar-refractivity contribution in [1.82, 2.24) is 35.2 Å². The van der Waals surface area contributed by atoms with Gasteiger partial charge in [0.25, 0.3) is 0 Å². The van der Waals surface area contributed by atoms with E-state index in [1.807, 2.05) is 143 Å². The number of methoxy groups -OCH3 is 1. The van der Waals surface area contributed by atoms with E-state index in [-0.39, 0.29) is 37.3 Å². The SMILES string of the molecule is COCC(=O)NC/C=C/c1ccc2ncnc(Nc3ccc(Oc4ccc(C)nc4)c(C)c3)c2c1.Cc1ccc(Oc2ccc(Nc3ncnc4ccc(/C=C/CN)cc34)cc2C)cn1.Cl.Cl. The Kier molecular flexibility index (Phi) is 18.6. The topological polar surface area (TPSA) is 184 Å². The fraction of sp³-hybridized carbons (Fsp3) is 0.157. The van der Waals surface area contributed by atoms with Crippen LogP contribution in [0.1, 0.15) is 33.6 Å². The van der Waals surface area contributed by atoms with Crippen LogP contribution in [0.4, 0.5) is 23.0 Å². The lowest BCUT2D eigenvalue weighted by atomic mass is 10.1. The monoisotopic (exact) mass is 938 g/mol. The molecule has 8 rings (SSSR count). The van der Waals surface area contributed by atoms with Crippen LogP contribution in [-0.4, -0.2) is 62.6 Å². The van der Waals surface area contributed by atoms with Gasteiger partial charge in [0, 0.05) is 53.7 Å². The molecule has 8 aromatic rings. The molecule has 0 atom stereocenters. The molecule has 0 spiro atoms. The number of hydrogen-bond acceptors (Lipinski definition) is 13. The van der Waals surface area contributed by atoms with Gasteiger partial charge in [0.2, 0.25) is 5.91 Å². The number of anilines is 4. The van der Waals surface area contributed by atoms with Crippen LogP contribution in [0.5, 0.6) is 23.0 Å². The molecule has 344 valence electrons. The van der Waals surface area contributed by atoms with E-state index in [9.17, 15) is 4.79 Å². The van der Waals surface area contributed by atoms with Crippen molar-refractivity contribution in [2.75, 3.05) is 37.4 Å². The first-order valence-corrected chi connectivity index (χ1v) is 20.9. The maximum absolute atomic E-state index is 11.5. The molecule has 0 fully saturated rings. The summed E-state index contributed by atoms with van der Waals surface area (Å²) in [5, 5.41) is 11.4. The Morgan fingerprint density at radius 1 is 0.597 bits per heavy atom. The highest BCUT2D eigenvalue weighted by Gasteiger charge is 2.10. The number of halogens is 2. The van der Waals surface area contributed by atoms with Gasteiger partial charge in [-0.05, 0) is 135 Å². The van der Waals surface area contributed by atoms with E-state index in [2.05, 4.69) is 51.9 Å². The van der Waals surface area contributed by atoms with E-state index in [1.54, 1.807) is 25.0 Å². The fourth-order valence-electron chi connectivity index (χ4n) is 6.55. The first-order chi connectivity index (χ1) is 31.6. The number of pyridine rings is 2. The van der Waals surface area contributed by atoms with Gasteiger partial charge < -0.3 is 35.9 Å². The Morgan fingerprint density at radius 3 is 1.52 bits per heavy atom. The normalized spacial score (nSPS) is 10.8. The smallest absolute Gasteiger partial charge is 0.246 e. The van der Waals surface area contributed by atoms with Crippen LogP contribution < -0.4 is 31.2 Å². The van der Waals surface area contributed by atoms with Gasteiger partial charge in [-0.25, -0.2) is 19.9 Å². The van der Waals surface area contributed by atoms with Crippen molar-refractivity contribution < 1.29 is 19.0 Å². The van der Waals surface area contributed by atoms with Crippen LogP contribution >= 0.6 is 24.8 Å². The summed E-state index contributed by atoms with van der Waals surface area (Å²) in [7, 11) is 1.49. The zero-order valence-corrected chi connectivity index (χ0v) is 39.3. The number of fused-ring (bicyclic) bond motifs is 2. The summed E-state index contributed by atoms with van der Waals surface area (Å²) in [5.41, 5.74) is 15.0. The number of nitrogens with zero attached hydrogens (tertiary/aromatic N) is 6. The zero-order valence-electron chi connectivity index (χ0n) is 37.7. The van der Waals surface area contributed by atoms with E-state index in [0.717, 1.165) is 84.1 Å². The molecule has 16 heteroatoms. The number of aryl methyl sites for hydroxylation is 4. The van der Waals surface area contributed by atoms with Gasteiger partial charge in [-0.15, -0.1) is 24.8 Å². The van der Waals surface area contributed by atoms with Crippen molar-refractivity contribution in [3.8, 4) is 23.0 Å². The molecule has 0 radical (unpaired) electrons. The maximum Gasteiger partial charge on any atom is 0.246 e. The minimum atomic E-state index is -0.155. The molecule has 0 aliphatic rings. The van der Waals surface area contributed by atoms with Crippen LogP contribution in [-0.2, 0) is 9.53 Å². The average molecular weight is 940 g/mol. The molecule has 4 heterocycles. The summed E-state index contributed by atoms with van der Waals surface area (Å²) < 4.78 is 16.7. The van der Waals surface area contributed by atoms with E-state index in [4.69, 9.17) is 19.9 Å². The van der Waals surface area contributed by atoms with Gasteiger partial charge in [-0.1, -0.05) is 36.4 Å². The second-order valence-electron chi connectivity index (χ2n) is 15.0. The van der Waals surface area contributed by atoms with E-state index < -0.39 is 0 Å². The highest BCUT2D eigenvalue weighted by molar-refractivity contribution is 5.93. The Morgan fingerprint density at radius 2 is 1.09 bits per heavy atom. The predicted molar refractivity (Wildman–Crippen MR) is 273 cm³/mol. The molecule has 4 aromatic heterocycles. The van der Waals surface area contributed by atoms with Crippen LogP contribution in [0.2, 0.25) is 0 Å². The molecule has 0 aliphatic carbocycles. The van der Waals surface area contributed by atoms with Crippen LogP contribution in [0.15, 0.2) is 134 Å². The van der Waals surface area contributed by atoms with Crippen LogP contribution in [0.3, 0.4) is 0 Å². The zero-order chi connectivity index (χ0) is 45.5. The summed E-state index contributed by atoms with van der Waals surface area (Å²) in [4.78, 5) is 37.7. The van der Waals surface area contributed by atoms with Crippen molar-refractivity contribution >= 4 is 87.7 Å². The summed E-state index contributed by atoms with van der Waals surface area (Å²) >= 11 is 0. The van der Waals surface area contributed by atoms with Gasteiger partial charge >= 0.3 is 0 Å². The molecule has 67 heavy (non-hydrogen) atoms. The largest absolute Gasteiger partial charge is 0.455 e. The van der Waals surface area contributed by atoms with E-state index in [0.29, 0.717) is 30.4 Å². The Hall–Kier alpha value is -7.49. The van der Waals surface area contributed by atoms with Crippen molar-refractivity contribution in [2.24, 2.45) is 5.73 Å². The van der Waals surface area contributed by atoms with E-state index in [1.165, 1.54) is 7.11 Å². The third-order valence-electron chi connectivity index (χ3n) is 9.87. The minimum Gasteiger partial charge on any atom is -0.455 e. The lowest BCUT2D eigenvalue weighted by Crippen LogP contribution is -2.26. The summed E-state index contributed by atoms with van der Waals surface area (Å²) in [6.45, 7) is 8.86. The third kappa shape index (κ3) is 14.2. The van der Waals surface area contributed by atoms with Crippen molar-refractivity contribution in [1.29, 1.82) is 0 Å². The fourth-order valence-corrected chi connectivity index (χ4v) is 6.55. The lowest BCUT2D eigenvalue weighted by molar-refractivity contribution is -0.124. The third-order valence-corrected chi connectivity index (χ3v) is 9.87. The van der Waals surface area contributed by atoms with Crippen LogP contribution in [0, 0.1) is 27.7 Å². The Bertz CT molecular complexity index is 2970. The summed E-state index contributed by atoms with van der Waals surface area (Å²) in [6.07, 6.45) is 14.3. The molecule has 0 saturated heterocycles. The predicted octanol–water partition coefficient (Wildman–Crippen LogP) is 10.9. The molecular weight excluding hydrogens is 888 g/mol. The molecule has 14 nitrogen and oxygen atoms in total. The van der Waals surface area contributed by atoms with Crippen molar-refractivity contribution in [3.05, 3.63) is 168 Å². The number of carbonyl (C=O) groups excluding carboxylic acids is 1. The number of carbonyl (C=O) groups is 1. The highest BCUT2D eigenvalue weighted by atomic mass is 35.5. The van der Waals surface area contributed by atoms with Gasteiger partial charge in [0.15, 0.2) is 0 Å². The number of hydrogen-bond donors (Lipinski definition) is 4. The van der Waals surface area contributed by atoms with E-state index >= 15 is 0 Å². The number of aromatic nitrogens is 6. The quantitative estimate of drug-likeness (QED) is 0.0762. The highest BCUT2D eigenvalue weighted by Crippen LogP contribution is 2.32. The number of rotatable bonds is 15. The molecule has 0 aliphatic heterocycles. The van der Waals surface area contributed by atoms with Gasteiger partial charge in [-0.2, -0.15) is 0 Å². The van der Waals surface area contributed by atoms with Gasteiger partial charge in [-0.3, -0.25) is 14.8 Å². The Balaban J connectivity index is 0.000000246. The number of benzene rings is 4. The molecule has 1 amide bonds. The van der Waals surface area contributed by atoms with Crippen LogP contribution in [0.25, 0.3) is 34.0 Å².